The minimum Gasteiger partial charge on any atom is -0.493 e. The summed E-state index contributed by atoms with van der Waals surface area (Å²) in [5.74, 6) is 2.88. The number of para-hydroxylation sites is 2. The Kier molecular flexibility index (Phi) is 8.82. The third-order valence-corrected chi connectivity index (χ3v) is 6.75. The lowest BCUT2D eigenvalue weighted by molar-refractivity contribution is -0.125. The number of hydrogen-bond donors (Lipinski definition) is 1. The number of fused-ring (bicyclic) bond motifs is 1. The molecule has 0 aliphatic heterocycles. The highest BCUT2D eigenvalue weighted by molar-refractivity contribution is 5.78. The maximum Gasteiger partial charge on any atom is 0.223 e. The van der Waals surface area contributed by atoms with Crippen molar-refractivity contribution in [2.45, 2.75) is 57.9 Å². The molecule has 2 aromatic carbocycles. The van der Waals surface area contributed by atoms with Crippen LogP contribution in [0.15, 0.2) is 55.1 Å². The number of aryl methyl sites for hydroxylation is 1. The van der Waals surface area contributed by atoms with E-state index < -0.39 is 0 Å². The van der Waals surface area contributed by atoms with Crippen molar-refractivity contribution < 1.29 is 14.3 Å². The molecule has 1 amide bonds. The van der Waals surface area contributed by atoms with Gasteiger partial charge in [-0.2, -0.15) is 0 Å². The van der Waals surface area contributed by atoms with Crippen molar-refractivity contribution in [3.8, 4) is 11.5 Å². The number of nitrogens with one attached hydrogen (secondary N) is 1. The number of aromatic nitrogens is 2. The predicted octanol–water partition coefficient (Wildman–Crippen LogP) is 5.48. The van der Waals surface area contributed by atoms with E-state index in [0.717, 1.165) is 66.1 Å². The zero-order valence-electron chi connectivity index (χ0n) is 20.8. The second-order valence-electron chi connectivity index (χ2n) is 9.22. The molecule has 1 aliphatic rings. The monoisotopic (exact) mass is 475 g/mol. The van der Waals surface area contributed by atoms with Crippen LogP contribution in [-0.2, 0) is 24.2 Å². The lowest BCUT2D eigenvalue weighted by Gasteiger charge is -2.20. The highest BCUT2D eigenvalue weighted by atomic mass is 16.5. The number of allylic oxidation sites excluding steroid dienone is 1. The SMILES string of the molecule is C=CCc1ccc(OCCCn2c(CCNC(=O)C3CCCCC3)nc3ccccc32)c(OC)c1. The largest absolute Gasteiger partial charge is 0.493 e. The molecule has 0 saturated heterocycles. The predicted molar refractivity (Wildman–Crippen MR) is 140 cm³/mol. The molecule has 0 unspecified atom stereocenters. The van der Waals surface area contributed by atoms with Gasteiger partial charge in [-0.1, -0.05) is 43.5 Å². The highest BCUT2D eigenvalue weighted by Crippen LogP contribution is 2.29. The molecule has 35 heavy (non-hydrogen) atoms. The van der Waals surface area contributed by atoms with Crippen LogP contribution in [0.2, 0.25) is 0 Å². The molecule has 6 heteroatoms. The van der Waals surface area contributed by atoms with E-state index in [9.17, 15) is 4.79 Å². The molecule has 3 aromatic rings. The van der Waals surface area contributed by atoms with E-state index in [1.54, 1.807) is 7.11 Å². The molecule has 186 valence electrons. The first kappa shape index (κ1) is 24.8. The zero-order chi connectivity index (χ0) is 24.5. The van der Waals surface area contributed by atoms with Gasteiger partial charge in [0.1, 0.15) is 5.82 Å². The number of ether oxygens (including phenoxy) is 2. The average molecular weight is 476 g/mol. The van der Waals surface area contributed by atoms with Crippen LogP contribution >= 0.6 is 0 Å². The first-order chi connectivity index (χ1) is 17.2. The third-order valence-electron chi connectivity index (χ3n) is 6.75. The summed E-state index contributed by atoms with van der Waals surface area (Å²) in [6, 6.07) is 14.2. The van der Waals surface area contributed by atoms with Crippen LogP contribution < -0.4 is 14.8 Å². The van der Waals surface area contributed by atoms with Crippen LogP contribution in [0.4, 0.5) is 0 Å². The zero-order valence-corrected chi connectivity index (χ0v) is 20.8. The van der Waals surface area contributed by atoms with Gasteiger partial charge < -0.3 is 19.4 Å². The number of carbonyl (C=O) groups is 1. The van der Waals surface area contributed by atoms with Crippen molar-refractivity contribution in [1.82, 2.24) is 14.9 Å². The van der Waals surface area contributed by atoms with Gasteiger partial charge in [0.05, 0.1) is 24.8 Å². The van der Waals surface area contributed by atoms with Crippen LogP contribution in [0.25, 0.3) is 11.0 Å². The molecular weight excluding hydrogens is 438 g/mol. The van der Waals surface area contributed by atoms with Crippen LogP contribution in [0, 0.1) is 5.92 Å². The topological polar surface area (TPSA) is 65.4 Å². The second kappa shape index (κ2) is 12.4. The standard InChI is InChI=1S/C29H37N3O3/c1-3-10-22-15-16-26(27(21-22)34-2)35-20-9-19-32-25-14-8-7-13-24(25)31-28(32)17-18-30-29(33)23-11-5-4-6-12-23/h3,7-8,13-16,21,23H,1,4-6,9-12,17-20H2,2H3,(H,30,33). The Morgan fingerprint density at radius 1 is 1.17 bits per heavy atom. The Bertz CT molecular complexity index is 1130. The first-order valence-corrected chi connectivity index (χ1v) is 12.8. The quantitative estimate of drug-likeness (QED) is 0.278. The van der Waals surface area contributed by atoms with Crippen LogP contribution in [0.1, 0.15) is 49.9 Å². The molecule has 0 bridgehead atoms. The lowest BCUT2D eigenvalue weighted by atomic mass is 9.89. The number of imidazole rings is 1. The maximum absolute atomic E-state index is 12.5. The summed E-state index contributed by atoms with van der Waals surface area (Å²) in [7, 11) is 1.66. The van der Waals surface area contributed by atoms with Gasteiger partial charge >= 0.3 is 0 Å². The van der Waals surface area contributed by atoms with Crippen molar-refractivity contribution in [3.05, 3.63) is 66.5 Å². The minimum absolute atomic E-state index is 0.183. The lowest BCUT2D eigenvalue weighted by Crippen LogP contribution is -2.33. The van der Waals surface area contributed by atoms with Gasteiger partial charge in [0, 0.05) is 25.4 Å². The van der Waals surface area contributed by atoms with Gasteiger partial charge in [-0.05, 0) is 55.5 Å². The van der Waals surface area contributed by atoms with Gasteiger partial charge in [0.2, 0.25) is 5.91 Å². The highest BCUT2D eigenvalue weighted by Gasteiger charge is 2.21. The number of amides is 1. The van der Waals surface area contributed by atoms with E-state index in [1.165, 1.54) is 19.3 Å². The van der Waals surface area contributed by atoms with Gasteiger partial charge in [-0.15, -0.1) is 6.58 Å². The van der Waals surface area contributed by atoms with Crippen LogP contribution in [-0.4, -0.2) is 35.7 Å². The molecular formula is C29H37N3O3. The molecule has 0 spiro atoms. The Morgan fingerprint density at radius 3 is 2.80 bits per heavy atom. The molecule has 4 rings (SSSR count). The Hall–Kier alpha value is -3.28. The Morgan fingerprint density at radius 2 is 2.00 bits per heavy atom. The number of rotatable bonds is 12. The van der Waals surface area contributed by atoms with Gasteiger partial charge in [0.25, 0.3) is 0 Å². The normalized spacial score (nSPS) is 14.1. The average Bonchev–Trinajstić information content (AvgIpc) is 3.25. The van der Waals surface area contributed by atoms with E-state index in [2.05, 4.69) is 22.5 Å². The molecule has 6 nitrogen and oxygen atoms in total. The molecule has 1 fully saturated rings. The third kappa shape index (κ3) is 6.44. The summed E-state index contributed by atoms with van der Waals surface area (Å²) in [5, 5.41) is 3.15. The number of methoxy groups -OCH3 is 1. The van der Waals surface area contributed by atoms with E-state index in [1.807, 2.05) is 42.5 Å². The summed E-state index contributed by atoms with van der Waals surface area (Å²) in [6.07, 6.45) is 9.86. The molecule has 1 aliphatic carbocycles. The van der Waals surface area contributed by atoms with Crippen molar-refractivity contribution in [1.29, 1.82) is 0 Å². The molecule has 1 heterocycles. The summed E-state index contributed by atoms with van der Waals surface area (Å²) in [6.45, 7) is 5.78. The summed E-state index contributed by atoms with van der Waals surface area (Å²) < 4.78 is 13.8. The van der Waals surface area contributed by atoms with E-state index >= 15 is 0 Å². The summed E-state index contributed by atoms with van der Waals surface area (Å²) in [4.78, 5) is 17.4. The van der Waals surface area contributed by atoms with Crippen molar-refractivity contribution >= 4 is 16.9 Å². The molecule has 0 radical (unpaired) electrons. The molecule has 1 N–H and O–H groups in total. The molecule has 1 saturated carbocycles. The van der Waals surface area contributed by atoms with Crippen molar-refractivity contribution in [3.63, 3.8) is 0 Å². The number of benzene rings is 2. The van der Waals surface area contributed by atoms with E-state index in [-0.39, 0.29) is 11.8 Å². The fourth-order valence-corrected chi connectivity index (χ4v) is 4.90. The van der Waals surface area contributed by atoms with Gasteiger partial charge in [0.15, 0.2) is 11.5 Å². The van der Waals surface area contributed by atoms with Gasteiger partial charge in [-0.25, -0.2) is 4.98 Å². The maximum atomic E-state index is 12.5. The summed E-state index contributed by atoms with van der Waals surface area (Å²) in [5.41, 5.74) is 3.25. The number of carbonyl (C=O) groups excluding carboxylic acids is 1. The van der Waals surface area contributed by atoms with E-state index in [4.69, 9.17) is 14.5 Å². The van der Waals surface area contributed by atoms with Crippen molar-refractivity contribution in [2.24, 2.45) is 5.92 Å². The molecule has 0 atom stereocenters. The van der Waals surface area contributed by atoms with Crippen molar-refractivity contribution in [2.75, 3.05) is 20.3 Å². The smallest absolute Gasteiger partial charge is 0.223 e. The molecule has 1 aromatic heterocycles. The number of hydrogen-bond acceptors (Lipinski definition) is 4. The van der Waals surface area contributed by atoms with Crippen LogP contribution in [0.5, 0.6) is 11.5 Å². The number of nitrogens with zero attached hydrogens (tertiary/aromatic N) is 2. The first-order valence-electron chi connectivity index (χ1n) is 12.8. The Balaban J connectivity index is 1.35. The fourth-order valence-electron chi connectivity index (χ4n) is 4.90. The van der Waals surface area contributed by atoms with E-state index in [0.29, 0.717) is 19.6 Å². The van der Waals surface area contributed by atoms with Gasteiger partial charge in [-0.3, -0.25) is 4.79 Å². The Labute approximate surface area is 208 Å². The minimum atomic E-state index is 0.183. The summed E-state index contributed by atoms with van der Waals surface area (Å²) >= 11 is 0. The van der Waals surface area contributed by atoms with Crippen LogP contribution in [0.3, 0.4) is 0 Å². The second-order valence-corrected chi connectivity index (χ2v) is 9.22. The fraction of sp³-hybridized carbons (Fsp3) is 0.448.